The number of rotatable bonds is 7. The van der Waals surface area contributed by atoms with Crippen molar-refractivity contribution < 1.29 is 0 Å². The van der Waals surface area contributed by atoms with Crippen LogP contribution in [0.25, 0.3) is 0 Å². The highest BCUT2D eigenvalue weighted by molar-refractivity contribution is 5.41. The summed E-state index contributed by atoms with van der Waals surface area (Å²) in [6, 6.07) is 21.9. The topological polar surface area (TPSA) is 0 Å². The van der Waals surface area contributed by atoms with Gasteiger partial charge in [-0.2, -0.15) is 0 Å². The summed E-state index contributed by atoms with van der Waals surface area (Å²) < 4.78 is 0. The molecule has 1 atom stereocenters. The highest BCUT2D eigenvalue weighted by Crippen LogP contribution is 2.42. The van der Waals surface area contributed by atoms with Crippen molar-refractivity contribution in [2.75, 3.05) is 0 Å². The summed E-state index contributed by atoms with van der Waals surface area (Å²) in [6.45, 7) is 6.72. The predicted octanol–water partition coefficient (Wildman–Crippen LogP) is 6.54. The summed E-state index contributed by atoms with van der Waals surface area (Å²) in [5.41, 5.74) is 2.82. The van der Waals surface area contributed by atoms with Gasteiger partial charge in [0.05, 0.1) is 0 Å². The van der Waals surface area contributed by atoms with Crippen molar-refractivity contribution in [3.05, 3.63) is 96.1 Å². The van der Waals surface area contributed by atoms with Crippen LogP contribution in [0, 0.1) is 5.92 Å². The molecule has 0 nitrogen and oxygen atoms in total. The minimum Gasteiger partial charge on any atom is -0.0914 e. The van der Waals surface area contributed by atoms with Gasteiger partial charge in [-0.1, -0.05) is 98.8 Å². The van der Waals surface area contributed by atoms with E-state index in [1.165, 1.54) is 11.1 Å². The molecule has 2 rings (SSSR count). The molecule has 2 aromatic rings. The molecule has 2 aromatic carbocycles. The van der Waals surface area contributed by atoms with Crippen molar-refractivity contribution >= 4 is 0 Å². The molecule has 0 aromatic heterocycles. The Kier molecular flexibility index (Phi) is 6.40. The van der Waals surface area contributed by atoms with Gasteiger partial charge in [0.15, 0.2) is 0 Å². The van der Waals surface area contributed by atoms with E-state index in [1.807, 2.05) is 0 Å². The van der Waals surface area contributed by atoms with Crippen LogP contribution in [-0.2, 0) is 5.41 Å². The van der Waals surface area contributed by atoms with Crippen LogP contribution < -0.4 is 0 Å². The Bertz CT molecular complexity index is 580. The van der Waals surface area contributed by atoms with E-state index in [1.54, 1.807) is 0 Å². The Morgan fingerprint density at radius 1 is 0.870 bits per heavy atom. The molecule has 0 aliphatic carbocycles. The van der Waals surface area contributed by atoms with Crippen LogP contribution >= 0.6 is 0 Å². The van der Waals surface area contributed by atoms with Gasteiger partial charge in [0.1, 0.15) is 0 Å². The minimum atomic E-state index is 0.0228. The van der Waals surface area contributed by atoms with E-state index in [-0.39, 0.29) is 5.41 Å². The van der Waals surface area contributed by atoms with E-state index in [0.29, 0.717) is 5.92 Å². The fourth-order valence-electron chi connectivity index (χ4n) is 3.56. The van der Waals surface area contributed by atoms with Crippen molar-refractivity contribution in [2.45, 2.75) is 39.0 Å². The summed E-state index contributed by atoms with van der Waals surface area (Å²) in [4.78, 5) is 0. The number of hydrogen-bond donors (Lipinski definition) is 0. The van der Waals surface area contributed by atoms with Crippen LogP contribution in [0.2, 0.25) is 0 Å². The van der Waals surface area contributed by atoms with Crippen LogP contribution in [-0.4, -0.2) is 0 Å². The normalized spacial score (nSPS) is 13.7. The van der Waals surface area contributed by atoms with Crippen molar-refractivity contribution in [3.63, 3.8) is 0 Å². The lowest BCUT2D eigenvalue weighted by molar-refractivity contribution is 0.391. The SMILES string of the molecule is C/C=C\C/C=C\C(C)C(CC)(c1ccccc1)c1ccccc1. The molecule has 0 saturated carbocycles. The summed E-state index contributed by atoms with van der Waals surface area (Å²) in [5, 5.41) is 0. The van der Waals surface area contributed by atoms with E-state index >= 15 is 0 Å². The third-order valence-corrected chi connectivity index (χ3v) is 4.85. The molecule has 0 heterocycles. The van der Waals surface area contributed by atoms with E-state index in [4.69, 9.17) is 0 Å². The van der Waals surface area contributed by atoms with Crippen LogP contribution in [0.1, 0.15) is 44.7 Å². The van der Waals surface area contributed by atoms with E-state index < -0.39 is 0 Å². The maximum Gasteiger partial charge on any atom is 0.0260 e. The van der Waals surface area contributed by atoms with Gasteiger partial charge in [-0.15, -0.1) is 0 Å². The fourth-order valence-corrected chi connectivity index (χ4v) is 3.56. The van der Waals surface area contributed by atoms with Gasteiger partial charge >= 0.3 is 0 Å². The first-order valence-electron chi connectivity index (χ1n) is 8.64. The van der Waals surface area contributed by atoms with Gasteiger partial charge in [-0.05, 0) is 36.8 Å². The predicted molar refractivity (Wildman–Crippen MR) is 102 cm³/mol. The lowest BCUT2D eigenvalue weighted by atomic mass is 9.64. The zero-order chi connectivity index (χ0) is 16.5. The second-order valence-corrected chi connectivity index (χ2v) is 6.08. The quantitative estimate of drug-likeness (QED) is 0.509. The second-order valence-electron chi connectivity index (χ2n) is 6.08. The molecule has 23 heavy (non-hydrogen) atoms. The lowest BCUT2D eigenvalue weighted by Crippen LogP contribution is -2.33. The third-order valence-electron chi connectivity index (χ3n) is 4.85. The first-order valence-corrected chi connectivity index (χ1v) is 8.64. The molecule has 0 amide bonds. The van der Waals surface area contributed by atoms with E-state index in [2.05, 4.69) is 106 Å². The minimum absolute atomic E-state index is 0.0228. The maximum atomic E-state index is 2.38. The lowest BCUT2D eigenvalue weighted by Gasteiger charge is -2.39. The van der Waals surface area contributed by atoms with Crippen molar-refractivity contribution in [1.29, 1.82) is 0 Å². The number of hydrogen-bond acceptors (Lipinski definition) is 0. The van der Waals surface area contributed by atoms with Gasteiger partial charge in [0.2, 0.25) is 0 Å². The van der Waals surface area contributed by atoms with Crippen LogP contribution in [0.4, 0.5) is 0 Å². The molecule has 0 heteroatoms. The summed E-state index contributed by atoms with van der Waals surface area (Å²) in [5.74, 6) is 0.433. The van der Waals surface area contributed by atoms with Gasteiger partial charge in [0, 0.05) is 5.41 Å². The smallest absolute Gasteiger partial charge is 0.0260 e. The molecule has 0 fully saturated rings. The van der Waals surface area contributed by atoms with E-state index in [0.717, 1.165) is 12.8 Å². The number of benzene rings is 2. The Hall–Kier alpha value is -2.08. The van der Waals surface area contributed by atoms with Crippen molar-refractivity contribution in [1.82, 2.24) is 0 Å². The molecule has 0 saturated heterocycles. The molecule has 0 bridgehead atoms. The Morgan fingerprint density at radius 2 is 1.39 bits per heavy atom. The van der Waals surface area contributed by atoms with Crippen LogP contribution in [0.5, 0.6) is 0 Å². The molecule has 120 valence electrons. The van der Waals surface area contributed by atoms with Gasteiger partial charge < -0.3 is 0 Å². The molecule has 0 radical (unpaired) electrons. The average Bonchev–Trinajstić information content (AvgIpc) is 2.62. The second kappa shape index (κ2) is 8.53. The molecule has 0 N–H and O–H groups in total. The summed E-state index contributed by atoms with van der Waals surface area (Å²) in [6.07, 6.45) is 11.1. The molecule has 1 unspecified atom stereocenters. The highest BCUT2D eigenvalue weighted by atomic mass is 14.4. The van der Waals surface area contributed by atoms with Gasteiger partial charge in [0.25, 0.3) is 0 Å². The van der Waals surface area contributed by atoms with Crippen molar-refractivity contribution in [3.8, 4) is 0 Å². The van der Waals surface area contributed by atoms with Crippen LogP contribution in [0.3, 0.4) is 0 Å². The summed E-state index contributed by atoms with van der Waals surface area (Å²) in [7, 11) is 0. The summed E-state index contributed by atoms with van der Waals surface area (Å²) >= 11 is 0. The number of allylic oxidation sites excluding steroid dienone is 4. The molecular formula is C23H28. The first kappa shape index (κ1) is 17.3. The van der Waals surface area contributed by atoms with E-state index in [9.17, 15) is 0 Å². The fraction of sp³-hybridized carbons (Fsp3) is 0.304. The Labute approximate surface area is 141 Å². The highest BCUT2D eigenvalue weighted by Gasteiger charge is 2.36. The molecule has 0 aliphatic heterocycles. The zero-order valence-corrected chi connectivity index (χ0v) is 14.6. The average molecular weight is 304 g/mol. The van der Waals surface area contributed by atoms with Crippen LogP contribution in [0.15, 0.2) is 85.0 Å². The van der Waals surface area contributed by atoms with Crippen molar-refractivity contribution in [2.24, 2.45) is 5.92 Å². The molecular weight excluding hydrogens is 276 g/mol. The zero-order valence-electron chi connectivity index (χ0n) is 14.6. The van der Waals surface area contributed by atoms with Gasteiger partial charge in [-0.25, -0.2) is 0 Å². The largest absolute Gasteiger partial charge is 0.0914 e. The molecule has 0 aliphatic rings. The first-order chi connectivity index (χ1) is 11.3. The maximum absolute atomic E-state index is 2.38. The monoisotopic (exact) mass is 304 g/mol. The Morgan fingerprint density at radius 3 is 1.83 bits per heavy atom. The standard InChI is InChI=1S/C23H28/c1-4-6-7-10-15-20(3)23(5-2,21-16-11-8-12-17-21)22-18-13-9-14-19-22/h4,6,8-20H,5,7H2,1-3H3/b6-4-,15-10-. The molecule has 0 spiro atoms. The Balaban J connectivity index is 2.48. The van der Waals surface area contributed by atoms with Gasteiger partial charge in [-0.3, -0.25) is 0 Å². The third kappa shape index (κ3) is 3.82.